The normalized spacial score (nSPS) is 24.1. The maximum absolute atomic E-state index is 13.3. The lowest BCUT2D eigenvalue weighted by Crippen LogP contribution is -2.46. The van der Waals surface area contributed by atoms with Gasteiger partial charge in [-0.2, -0.15) is 5.26 Å². The first kappa shape index (κ1) is 21.0. The number of amides is 1. The Bertz CT molecular complexity index is 830. The summed E-state index contributed by atoms with van der Waals surface area (Å²) in [6.45, 7) is 4.88. The number of hydrogen-bond donors (Lipinski definition) is 2. The summed E-state index contributed by atoms with van der Waals surface area (Å²) in [5.41, 5.74) is 1.01. The molecule has 8 nitrogen and oxygen atoms in total. The number of rotatable bonds is 5. The van der Waals surface area contributed by atoms with E-state index in [1.54, 1.807) is 19.9 Å². The second kappa shape index (κ2) is 8.35. The molecule has 0 aliphatic carbocycles. The van der Waals surface area contributed by atoms with Gasteiger partial charge in [-0.25, -0.2) is 9.18 Å². The molecule has 2 heterocycles. The average molecular weight is 405 g/mol. The number of carboxylic acid groups (broad SMARTS) is 1. The van der Waals surface area contributed by atoms with Crippen molar-refractivity contribution in [1.82, 2.24) is 5.32 Å². The first-order valence-electron chi connectivity index (χ1n) is 9.51. The number of halogens is 1. The second-order valence-electron chi connectivity index (χ2n) is 7.76. The van der Waals surface area contributed by atoms with Crippen LogP contribution in [0.1, 0.15) is 32.3 Å². The lowest BCUT2D eigenvalue weighted by Gasteiger charge is -2.34. The third kappa shape index (κ3) is 4.83. The molecule has 1 aromatic rings. The van der Waals surface area contributed by atoms with E-state index in [0.29, 0.717) is 30.9 Å². The number of carbonyl (C=O) groups excluding carboxylic acids is 1. The van der Waals surface area contributed by atoms with Gasteiger partial charge in [-0.3, -0.25) is 4.79 Å². The van der Waals surface area contributed by atoms with Crippen LogP contribution in [0.3, 0.4) is 0 Å². The van der Waals surface area contributed by atoms with Crippen molar-refractivity contribution < 1.29 is 28.6 Å². The Morgan fingerprint density at radius 1 is 1.31 bits per heavy atom. The third-order valence-electron chi connectivity index (χ3n) is 5.20. The SMILES string of the molecule is CC1(C)O[C@@H](C(=O)O)[C@H](C(=O)NCC2CCN(c3ccc(F)cc3C#N)CC2)O1. The molecule has 0 spiro atoms. The Hall–Kier alpha value is -2.70. The largest absolute Gasteiger partial charge is 0.479 e. The van der Waals surface area contributed by atoms with E-state index in [4.69, 9.17) is 9.47 Å². The van der Waals surface area contributed by atoms with Gasteiger partial charge in [0.15, 0.2) is 18.0 Å². The number of nitriles is 1. The van der Waals surface area contributed by atoms with E-state index in [2.05, 4.69) is 5.32 Å². The lowest BCUT2D eigenvalue weighted by molar-refractivity contribution is -0.166. The lowest BCUT2D eigenvalue weighted by atomic mass is 9.95. The molecule has 2 atom stereocenters. The highest BCUT2D eigenvalue weighted by atomic mass is 19.1. The summed E-state index contributed by atoms with van der Waals surface area (Å²) in [7, 11) is 0. The molecule has 2 N–H and O–H groups in total. The molecule has 29 heavy (non-hydrogen) atoms. The number of carbonyl (C=O) groups is 2. The summed E-state index contributed by atoms with van der Waals surface area (Å²) in [4.78, 5) is 25.8. The fourth-order valence-electron chi connectivity index (χ4n) is 3.73. The van der Waals surface area contributed by atoms with Gasteiger partial charge >= 0.3 is 5.97 Å². The molecule has 2 aliphatic rings. The van der Waals surface area contributed by atoms with Gasteiger partial charge in [-0.05, 0) is 50.8 Å². The van der Waals surface area contributed by atoms with Gasteiger partial charge in [0, 0.05) is 19.6 Å². The van der Waals surface area contributed by atoms with E-state index in [1.165, 1.54) is 12.1 Å². The van der Waals surface area contributed by atoms with Crippen molar-refractivity contribution >= 4 is 17.6 Å². The van der Waals surface area contributed by atoms with Gasteiger partial charge in [0.05, 0.1) is 11.3 Å². The molecule has 0 unspecified atom stereocenters. The molecule has 1 amide bonds. The number of aliphatic carboxylic acids is 1. The molecule has 156 valence electrons. The summed E-state index contributed by atoms with van der Waals surface area (Å²) in [6.07, 6.45) is -0.980. The van der Waals surface area contributed by atoms with Crippen molar-refractivity contribution in [2.24, 2.45) is 5.92 Å². The minimum absolute atomic E-state index is 0.208. The van der Waals surface area contributed by atoms with E-state index < -0.39 is 35.7 Å². The quantitative estimate of drug-likeness (QED) is 0.766. The van der Waals surface area contributed by atoms with Crippen LogP contribution in [0, 0.1) is 23.1 Å². The van der Waals surface area contributed by atoms with Crippen molar-refractivity contribution in [3.8, 4) is 6.07 Å². The van der Waals surface area contributed by atoms with E-state index >= 15 is 0 Å². The van der Waals surface area contributed by atoms with Gasteiger partial charge in [0.25, 0.3) is 5.91 Å². The molecule has 0 saturated carbocycles. The van der Waals surface area contributed by atoms with Crippen LogP contribution in [0.15, 0.2) is 18.2 Å². The average Bonchev–Trinajstić information content (AvgIpc) is 3.02. The van der Waals surface area contributed by atoms with E-state index in [1.807, 2.05) is 11.0 Å². The number of ether oxygens (including phenoxy) is 2. The monoisotopic (exact) mass is 405 g/mol. The number of nitrogens with one attached hydrogen (secondary N) is 1. The van der Waals surface area contributed by atoms with E-state index in [0.717, 1.165) is 12.8 Å². The Balaban J connectivity index is 1.52. The number of benzene rings is 1. The zero-order valence-electron chi connectivity index (χ0n) is 16.4. The molecule has 3 rings (SSSR count). The highest BCUT2D eigenvalue weighted by Crippen LogP contribution is 2.29. The van der Waals surface area contributed by atoms with E-state index in [-0.39, 0.29) is 5.92 Å². The van der Waals surface area contributed by atoms with Gasteiger partial charge in [0.2, 0.25) is 0 Å². The molecule has 2 saturated heterocycles. The molecule has 0 aromatic heterocycles. The first-order valence-corrected chi connectivity index (χ1v) is 9.51. The summed E-state index contributed by atoms with van der Waals surface area (Å²) < 4.78 is 24.1. The first-order chi connectivity index (χ1) is 13.7. The van der Waals surface area contributed by atoms with Crippen LogP contribution in [0.2, 0.25) is 0 Å². The summed E-state index contributed by atoms with van der Waals surface area (Å²) in [5.74, 6) is -3.11. The predicted molar refractivity (Wildman–Crippen MR) is 101 cm³/mol. The highest BCUT2D eigenvalue weighted by Gasteiger charge is 2.49. The molecular formula is C20H24FN3O5. The van der Waals surface area contributed by atoms with Crippen LogP contribution in [0.4, 0.5) is 10.1 Å². The summed E-state index contributed by atoms with van der Waals surface area (Å²) in [6, 6.07) is 6.20. The molecule has 1 aromatic carbocycles. The van der Waals surface area contributed by atoms with Crippen molar-refractivity contribution in [3.05, 3.63) is 29.6 Å². The topological polar surface area (TPSA) is 112 Å². The van der Waals surface area contributed by atoms with Crippen LogP contribution in [0.25, 0.3) is 0 Å². The van der Waals surface area contributed by atoms with Gasteiger partial charge < -0.3 is 24.8 Å². The van der Waals surface area contributed by atoms with Gasteiger partial charge in [0.1, 0.15) is 11.9 Å². The molecule has 2 aliphatic heterocycles. The predicted octanol–water partition coefficient (Wildman–Crippen LogP) is 1.63. The van der Waals surface area contributed by atoms with Gasteiger partial charge in [-0.1, -0.05) is 0 Å². The molecular weight excluding hydrogens is 381 g/mol. The van der Waals surface area contributed by atoms with Gasteiger partial charge in [-0.15, -0.1) is 0 Å². The smallest absolute Gasteiger partial charge is 0.336 e. The van der Waals surface area contributed by atoms with Crippen LogP contribution in [-0.2, 0) is 19.1 Å². The Kier molecular flexibility index (Phi) is 6.05. The minimum Gasteiger partial charge on any atom is -0.479 e. The number of carboxylic acids is 1. The van der Waals surface area contributed by atoms with Crippen LogP contribution in [-0.4, -0.2) is 54.6 Å². The molecule has 0 radical (unpaired) electrons. The Morgan fingerprint density at radius 2 is 1.97 bits per heavy atom. The van der Waals surface area contributed by atoms with Crippen molar-refractivity contribution in [1.29, 1.82) is 5.26 Å². The molecule has 0 bridgehead atoms. The highest BCUT2D eigenvalue weighted by molar-refractivity contribution is 5.88. The van der Waals surface area contributed by atoms with Crippen LogP contribution < -0.4 is 10.2 Å². The van der Waals surface area contributed by atoms with Crippen LogP contribution in [0.5, 0.6) is 0 Å². The maximum atomic E-state index is 13.3. The van der Waals surface area contributed by atoms with Crippen LogP contribution >= 0.6 is 0 Å². The Morgan fingerprint density at radius 3 is 2.59 bits per heavy atom. The fraction of sp³-hybridized carbons (Fsp3) is 0.550. The standard InChI is InChI=1S/C20H24FN3O5/c1-20(2)28-16(17(29-20)19(26)27)18(25)23-11-12-5-7-24(8-6-12)15-4-3-14(21)9-13(15)10-22/h3-4,9,12,16-17H,5-8,11H2,1-2H3,(H,23,25)(H,26,27)/t16-,17-/m1/s1. The second-order valence-corrected chi connectivity index (χ2v) is 7.76. The Labute approximate surface area is 168 Å². The van der Waals surface area contributed by atoms with Crippen molar-refractivity contribution in [3.63, 3.8) is 0 Å². The zero-order valence-corrected chi connectivity index (χ0v) is 16.4. The van der Waals surface area contributed by atoms with E-state index in [9.17, 15) is 24.3 Å². The number of piperidine rings is 1. The molecule has 9 heteroatoms. The minimum atomic E-state index is -1.34. The summed E-state index contributed by atoms with van der Waals surface area (Å²) in [5, 5.41) is 21.2. The fourth-order valence-corrected chi connectivity index (χ4v) is 3.73. The zero-order chi connectivity index (χ0) is 21.2. The number of nitrogens with zero attached hydrogens (tertiary/aromatic N) is 2. The maximum Gasteiger partial charge on any atom is 0.336 e. The third-order valence-corrected chi connectivity index (χ3v) is 5.20. The number of anilines is 1. The number of hydrogen-bond acceptors (Lipinski definition) is 6. The van der Waals surface area contributed by atoms with Crippen molar-refractivity contribution in [2.45, 2.75) is 44.7 Å². The van der Waals surface area contributed by atoms with Crippen molar-refractivity contribution in [2.75, 3.05) is 24.5 Å². The summed E-state index contributed by atoms with van der Waals surface area (Å²) >= 11 is 0. The molecule has 2 fully saturated rings.